The van der Waals surface area contributed by atoms with Gasteiger partial charge in [-0.05, 0) is 25.0 Å². The van der Waals surface area contributed by atoms with Gasteiger partial charge in [0.15, 0.2) is 0 Å². The zero-order valence-corrected chi connectivity index (χ0v) is 12.3. The van der Waals surface area contributed by atoms with Gasteiger partial charge in [-0.1, -0.05) is 18.2 Å². The molecule has 7 heteroatoms. The van der Waals surface area contributed by atoms with Crippen LogP contribution in [0.3, 0.4) is 0 Å². The van der Waals surface area contributed by atoms with E-state index in [1.807, 2.05) is 6.07 Å². The molecule has 0 aliphatic carbocycles. The summed E-state index contributed by atoms with van der Waals surface area (Å²) in [5.41, 5.74) is -0.471. The van der Waals surface area contributed by atoms with E-state index in [1.54, 1.807) is 24.3 Å². The number of H-pyrrole nitrogens is 1. The summed E-state index contributed by atoms with van der Waals surface area (Å²) in [4.78, 5) is 36.9. The second-order valence-corrected chi connectivity index (χ2v) is 5.27. The second kappa shape index (κ2) is 6.62. The van der Waals surface area contributed by atoms with Gasteiger partial charge in [0, 0.05) is 12.3 Å². The van der Waals surface area contributed by atoms with Crippen molar-refractivity contribution in [2.45, 2.75) is 25.2 Å². The van der Waals surface area contributed by atoms with Crippen LogP contribution in [0.15, 0.2) is 52.2 Å². The van der Waals surface area contributed by atoms with Gasteiger partial charge in [0.2, 0.25) is 0 Å². The maximum atomic E-state index is 11.9. The van der Waals surface area contributed by atoms with E-state index in [2.05, 4.69) is 4.98 Å². The van der Waals surface area contributed by atoms with Crippen LogP contribution < -0.4 is 11.2 Å². The molecule has 2 heterocycles. The fourth-order valence-electron chi connectivity index (χ4n) is 2.49. The molecule has 0 radical (unpaired) electrons. The number of carbonyl (C=O) groups is 1. The summed E-state index contributed by atoms with van der Waals surface area (Å²) < 4.78 is 12.3. The van der Waals surface area contributed by atoms with Crippen molar-refractivity contribution < 1.29 is 14.3 Å². The lowest BCUT2D eigenvalue weighted by Crippen LogP contribution is -2.31. The number of ether oxygens (including phenoxy) is 2. The van der Waals surface area contributed by atoms with Gasteiger partial charge in [-0.15, -0.1) is 0 Å². The van der Waals surface area contributed by atoms with Crippen molar-refractivity contribution in [2.75, 3.05) is 6.61 Å². The van der Waals surface area contributed by atoms with E-state index in [4.69, 9.17) is 9.47 Å². The number of esters is 1. The number of hydrogen-bond acceptors (Lipinski definition) is 5. The summed E-state index contributed by atoms with van der Waals surface area (Å²) in [6.45, 7) is 0.127. The van der Waals surface area contributed by atoms with Crippen LogP contribution in [0.5, 0.6) is 0 Å². The predicted octanol–water partition coefficient (Wildman–Crippen LogP) is 1.07. The minimum Gasteiger partial charge on any atom is -0.459 e. The third-order valence-electron chi connectivity index (χ3n) is 3.66. The van der Waals surface area contributed by atoms with Gasteiger partial charge in [0.05, 0.1) is 11.7 Å². The van der Waals surface area contributed by atoms with Crippen molar-refractivity contribution in [1.82, 2.24) is 9.55 Å². The molecular weight excluding hydrogens is 300 g/mol. The standard InChI is InChI=1S/C16H16N2O5/c19-13-8-9-18(16(21)17-13)14-7-6-12(23-14)10-22-15(20)11-4-2-1-3-5-11/h1-5,8-9,12,14H,6-7,10H2,(H,17,19,21)/t12-,14-/m0/s1. The Kier molecular flexibility index (Phi) is 4.38. The van der Waals surface area contributed by atoms with Crippen LogP contribution in [-0.4, -0.2) is 28.2 Å². The third kappa shape index (κ3) is 3.57. The number of rotatable bonds is 4. The molecule has 1 saturated heterocycles. The van der Waals surface area contributed by atoms with Crippen LogP contribution in [0, 0.1) is 0 Å². The first-order chi connectivity index (χ1) is 11.1. The van der Waals surface area contributed by atoms with E-state index in [0.29, 0.717) is 18.4 Å². The first-order valence-corrected chi connectivity index (χ1v) is 7.32. The molecular formula is C16H16N2O5. The average molecular weight is 316 g/mol. The number of carbonyl (C=O) groups excluding carboxylic acids is 1. The molecule has 1 N–H and O–H groups in total. The van der Waals surface area contributed by atoms with E-state index in [1.165, 1.54) is 16.8 Å². The first kappa shape index (κ1) is 15.2. The fourth-order valence-corrected chi connectivity index (χ4v) is 2.49. The lowest BCUT2D eigenvalue weighted by molar-refractivity contribution is -0.0340. The highest BCUT2D eigenvalue weighted by Gasteiger charge is 2.28. The van der Waals surface area contributed by atoms with Gasteiger partial charge in [-0.2, -0.15) is 0 Å². The quantitative estimate of drug-likeness (QED) is 0.852. The molecule has 120 valence electrons. The van der Waals surface area contributed by atoms with Crippen LogP contribution in [0.2, 0.25) is 0 Å². The second-order valence-electron chi connectivity index (χ2n) is 5.27. The Morgan fingerprint density at radius 1 is 1.22 bits per heavy atom. The van der Waals surface area contributed by atoms with Gasteiger partial charge < -0.3 is 9.47 Å². The molecule has 0 saturated carbocycles. The summed E-state index contributed by atoms with van der Waals surface area (Å²) >= 11 is 0. The topological polar surface area (TPSA) is 90.4 Å². The van der Waals surface area contributed by atoms with Crippen LogP contribution in [0.1, 0.15) is 29.4 Å². The maximum absolute atomic E-state index is 11.9. The summed E-state index contributed by atoms with van der Waals surface area (Å²) in [7, 11) is 0. The molecule has 1 aliphatic heterocycles. The highest BCUT2D eigenvalue weighted by Crippen LogP contribution is 2.27. The van der Waals surface area contributed by atoms with Crippen LogP contribution in [0.4, 0.5) is 0 Å². The molecule has 7 nitrogen and oxygen atoms in total. The van der Waals surface area contributed by atoms with Crippen molar-refractivity contribution in [3.8, 4) is 0 Å². The molecule has 0 unspecified atom stereocenters. The predicted molar refractivity (Wildman–Crippen MR) is 81.2 cm³/mol. The summed E-state index contributed by atoms with van der Waals surface area (Å²) in [5, 5.41) is 0. The summed E-state index contributed by atoms with van der Waals surface area (Å²) in [5.74, 6) is -0.404. The van der Waals surface area contributed by atoms with E-state index in [0.717, 1.165) is 0 Å². The molecule has 0 spiro atoms. The summed E-state index contributed by atoms with van der Waals surface area (Å²) in [6, 6.07) is 9.99. The monoisotopic (exact) mass is 316 g/mol. The Hall–Kier alpha value is -2.67. The van der Waals surface area contributed by atoms with Gasteiger partial charge in [-0.3, -0.25) is 14.3 Å². The fraction of sp³-hybridized carbons (Fsp3) is 0.312. The number of nitrogens with one attached hydrogen (secondary N) is 1. The Bertz CT molecular complexity index is 796. The molecule has 2 atom stereocenters. The largest absolute Gasteiger partial charge is 0.459 e. The van der Waals surface area contributed by atoms with Gasteiger partial charge >= 0.3 is 11.7 Å². The number of hydrogen-bond donors (Lipinski definition) is 1. The molecule has 3 rings (SSSR count). The zero-order chi connectivity index (χ0) is 16.2. The lowest BCUT2D eigenvalue weighted by atomic mass is 10.2. The van der Waals surface area contributed by atoms with E-state index in [9.17, 15) is 14.4 Å². The molecule has 1 aromatic carbocycles. The van der Waals surface area contributed by atoms with Crippen molar-refractivity contribution in [3.63, 3.8) is 0 Å². The van der Waals surface area contributed by atoms with Crippen LogP contribution >= 0.6 is 0 Å². The molecule has 0 bridgehead atoms. The molecule has 1 fully saturated rings. The SMILES string of the molecule is O=C(OC[C@@H]1CC[C@@H](n2ccc(=O)[nH]c2=O)O1)c1ccccc1. The van der Waals surface area contributed by atoms with Crippen molar-refractivity contribution in [1.29, 1.82) is 0 Å². The van der Waals surface area contributed by atoms with Gasteiger partial charge in [0.1, 0.15) is 12.8 Å². The Morgan fingerprint density at radius 3 is 2.74 bits per heavy atom. The lowest BCUT2D eigenvalue weighted by Gasteiger charge is -2.15. The third-order valence-corrected chi connectivity index (χ3v) is 3.66. The molecule has 1 aliphatic rings. The number of nitrogens with zero attached hydrogens (tertiary/aromatic N) is 1. The van der Waals surface area contributed by atoms with Gasteiger partial charge in [0.25, 0.3) is 5.56 Å². The molecule has 0 amide bonds. The Labute approximate surface area is 131 Å². The minimum atomic E-state index is -0.510. The molecule has 23 heavy (non-hydrogen) atoms. The Balaban J connectivity index is 1.57. The summed E-state index contributed by atoms with van der Waals surface area (Å²) in [6.07, 6.45) is 1.95. The molecule has 1 aromatic heterocycles. The van der Waals surface area contributed by atoms with Crippen molar-refractivity contribution in [3.05, 3.63) is 69.0 Å². The maximum Gasteiger partial charge on any atom is 0.338 e. The van der Waals surface area contributed by atoms with Gasteiger partial charge in [-0.25, -0.2) is 9.59 Å². The Morgan fingerprint density at radius 2 is 2.00 bits per heavy atom. The van der Waals surface area contributed by atoms with E-state index in [-0.39, 0.29) is 12.7 Å². The smallest absolute Gasteiger partial charge is 0.338 e. The minimum absolute atomic E-state index is 0.127. The number of benzene rings is 1. The highest BCUT2D eigenvalue weighted by atomic mass is 16.6. The average Bonchev–Trinajstić information content (AvgIpc) is 3.02. The van der Waals surface area contributed by atoms with Crippen LogP contribution in [0.25, 0.3) is 0 Å². The van der Waals surface area contributed by atoms with Crippen LogP contribution in [-0.2, 0) is 9.47 Å². The van der Waals surface area contributed by atoms with E-state index < -0.39 is 23.4 Å². The number of aromatic nitrogens is 2. The molecule has 2 aromatic rings. The highest BCUT2D eigenvalue weighted by molar-refractivity contribution is 5.89. The van der Waals surface area contributed by atoms with E-state index >= 15 is 0 Å². The van der Waals surface area contributed by atoms with Crippen molar-refractivity contribution in [2.24, 2.45) is 0 Å². The number of aromatic amines is 1. The first-order valence-electron chi connectivity index (χ1n) is 7.32. The zero-order valence-electron chi connectivity index (χ0n) is 12.3. The van der Waals surface area contributed by atoms with Crippen molar-refractivity contribution >= 4 is 5.97 Å². The normalized spacial score (nSPS) is 20.3.